The van der Waals surface area contributed by atoms with Gasteiger partial charge in [-0.15, -0.1) is 11.3 Å². The molecular weight excluding hydrogens is 416 g/mol. The van der Waals surface area contributed by atoms with Gasteiger partial charge in [-0.2, -0.15) is 0 Å². The number of aromatic nitrogens is 2. The number of thiophene rings is 1. The van der Waals surface area contributed by atoms with Crippen molar-refractivity contribution >= 4 is 50.9 Å². The summed E-state index contributed by atoms with van der Waals surface area (Å²) in [5, 5.41) is 24.1. The minimum atomic E-state index is -0.791. The van der Waals surface area contributed by atoms with E-state index in [-0.39, 0.29) is 12.5 Å². The summed E-state index contributed by atoms with van der Waals surface area (Å²) in [7, 11) is 1.57. The molecule has 1 unspecified atom stereocenters. The second kappa shape index (κ2) is 8.86. The Kier molecular flexibility index (Phi) is 6.01. The quantitative estimate of drug-likeness (QED) is 0.265. The van der Waals surface area contributed by atoms with Crippen LogP contribution in [0.5, 0.6) is 5.75 Å². The summed E-state index contributed by atoms with van der Waals surface area (Å²) in [5.74, 6) is 0.474. The third-order valence-corrected chi connectivity index (χ3v) is 6.59. The predicted molar refractivity (Wildman–Crippen MR) is 122 cm³/mol. The maximum atomic E-state index is 10.8. The Hall–Kier alpha value is -3.24. The summed E-state index contributed by atoms with van der Waals surface area (Å²) in [6, 6.07) is 3.73. The van der Waals surface area contributed by atoms with E-state index in [9.17, 15) is 4.79 Å². The largest absolute Gasteiger partial charge is 0.494 e. The summed E-state index contributed by atoms with van der Waals surface area (Å²) in [6.07, 6.45) is 5.51. The summed E-state index contributed by atoms with van der Waals surface area (Å²) in [5.41, 5.74) is 8.96. The summed E-state index contributed by atoms with van der Waals surface area (Å²) >= 11 is 1.65. The van der Waals surface area contributed by atoms with Crippen LogP contribution in [0.25, 0.3) is 10.2 Å². The maximum Gasteiger partial charge on any atom is 0.304 e. The van der Waals surface area contributed by atoms with Crippen molar-refractivity contribution in [2.75, 3.05) is 24.7 Å². The SMILES string of the molecule is COc1cc(N)c(C=N)cc1Nc1ncnc2sc3c(c12)CCC(NCCC(=O)O)C3. The van der Waals surface area contributed by atoms with E-state index >= 15 is 0 Å². The highest BCUT2D eigenvalue weighted by molar-refractivity contribution is 7.19. The van der Waals surface area contributed by atoms with Crippen LogP contribution in [-0.4, -0.2) is 47.0 Å². The number of rotatable bonds is 8. The van der Waals surface area contributed by atoms with E-state index in [0.717, 1.165) is 29.5 Å². The van der Waals surface area contributed by atoms with Crippen LogP contribution in [0.1, 0.15) is 28.8 Å². The lowest BCUT2D eigenvalue weighted by Crippen LogP contribution is -2.35. The van der Waals surface area contributed by atoms with Crippen molar-refractivity contribution < 1.29 is 14.6 Å². The zero-order valence-corrected chi connectivity index (χ0v) is 17.9. The van der Waals surface area contributed by atoms with Crippen molar-refractivity contribution in [3.63, 3.8) is 0 Å². The van der Waals surface area contributed by atoms with E-state index in [0.29, 0.717) is 35.1 Å². The molecule has 0 amide bonds. The lowest BCUT2D eigenvalue weighted by Gasteiger charge is -2.23. The normalized spacial score (nSPS) is 15.5. The summed E-state index contributed by atoms with van der Waals surface area (Å²) in [6.45, 7) is 0.471. The van der Waals surface area contributed by atoms with Crippen LogP contribution in [0.2, 0.25) is 0 Å². The molecule has 9 nitrogen and oxygen atoms in total. The standard InChI is InChI=1S/C21H24N6O3S/c1-30-16-8-14(23)11(9-22)6-15(16)27-20-19-13-3-2-12(24-5-4-18(28)29)7-17(13)31-21(19)26-10-25-20/h6,8-10,12,22,24H,2-5,7,23H2,1H3,(H,28,29)(H,25,26,27). The third-order valence-electron chi connectivity index (χ3n) is 5.43. The third kappa shape index (κ3) is 4.30. The van der Waals surface area contributed by atoms with Gasteiger partial charge >= 0.3 is 5.97 Å². The Morgan fingerprint density at radius 1 is 1.45 bits per heavy atom. The van der Waals surface area contributed by atoms with E-state index in [1.165, 1.54) is 23.0 Å². The smallest absolute Gasteiger partial charge is 0.304 e. The van der Waals surface area contributed by atoms with E-state index in [2.05, 4.69) is 20.6 Å². The Labute approximate surface area is 183 Å². The summed E-state index contributed by atoms with van der Waals surface area (Å²) < 4.78 is 5.46. The van der Waals surface area contributed by atoms with Gasteiger partial charge < -0.3 is 31.6 Å². The van der Waals surface area contributed by atoms with Crippen molar-refractivity contribution in [2.24, 2.45) is 0 Å². The van der Waals surface area contributed by atoms with E-state index < -0.39 is 5.97 Å². The lowest BCUT2D eigenvalue weighted by atomic mass is 9.93. The molecule has 1 aliphatic carbocycles. The number of nitrogens with zero attached hydrogens (tertiary/aromatic N) is 2. The number of nitrogen functional groups attached to an aromatic ring is 1. The first kappa shape index (κ1) is 21.0. The second-order valence-electron chi connectivity index (χ2n) is 7.39. The number of methoxy groups -OCH3 is 1. The van der Waals surface area contributed by atoms with Crippen molar-refractivity contribution in [1.82, 2.24) is 15.3 Å². The number of carboxylic acids is 1. The first-order valence-electron chi connectivity index (χ1n) is 9.95. The molecule has 0 saturated carbocycles. The number of hydrogen-bond acceptors (Lipinski definition) is 9. The molecule has 31 heavy (non-hydrogen) atoms. The molecule has 0 fully saturated rings. The number of aryl methyl sites for hydroxylation is 1. The monoisotopic (exact) mass is 440 g/mol. The average molecular weight is 441 g/mol. The van der Waals surface area contributed by atoms with Gasteiger partial charge in [0.2, 0.25) is 0 Å². The minimum Gasteiger partial charge on any atom is -0.494 e. The Morgan fingerprint density at radius 3 is 3.03 bits per heavy atom. The van der Waals surface area contributed by atoms with Gasteiger partial charge in [0.05, 0.1) is 24.6 Å². The number of anilines is 3. The van der Waals surface area contributed by atoms with Gasteiger partial charge in [-0.1, -0.05) is 0 Å². The van der Waals surface area contributed by atoms with Gasteiger partial charge in [0.1, 0.15) is 22.7 Å². The first-order valence-corrected chi connectivity index (χ1v) is 10.8. The number of benzene rings is 1. The maximum absolute atomic E-state index is 10.8. The Bertz CT molecular complexity index is 1150. The molecular formula is C21H24N6O3S. The number of carbonyl (C=O) groups is 1. The van der Waals surface area contributed by atoms with E-state index in [1.54, 1.807) is 30.6 Å². The number of ether oxygens (including phenoxy) is 1. The number of fused-ring (bicyclic) bond motifs is 3. The highest BCUT2D eigenvalue weighted by Crippen LogP contribution is 2.40. The van der Waals surface area contributed by atoms with E-state index in [1.807, 2.05) is 0 Å². The van der Waals surface area contributed by atoms with Crippen LogP contribution in [-0.2, 0) is 17.6 Å². The molecule has 0 radical (unpaired) electrons. The van der Waals surface area contributed by atoms with Crippen LogP contribution in [0.15, 0.2) is 18.5 Å². The van der Waals surface area contributed by atoms with Crippen LogP contribution >= 0.6 is 11.3 Å². The number of aliphatic carboxylic acids is 1. The first-order chi connectivity index (χ1) is 15.0. The molecule has 1 aliphatic rings. The van der Waals surface area contributed by atoms with Gasteiger partial charge in [0, 0.05) is 41.0 Å². The Balaban J connectivity index is 1.64. The number of nitrogens with one attached hydrogen (secondary N) is 3. The molecule has 0 aliphatic heterocycles. The Morgan fingerprint density at radius 2 is 2.29 bits per heavy atom. The molecule has 10 heteroatoms. The van der Waals surface area contributed by atoms with Crippen LogP contribution in [0.4, 0.5) is 17.2 Å². The molecule has 0 bridgehead atoms. The molecule has 162 valence electrons. The fourth-order valence-electron chi connectivity index (χ4n) is 3.89. The van der Waals surface area contributed by atoms with Gasteiger partial charge in [0.15, 0.2) is 0 Å². The zero-order chi connectivity index (χ0) is 22.0. The molecule has 4 rings (SSSR count). The molecule has 0 saturated heterocycles. The van der Waals surface area contributed by atoms with Crippen molar-refractivity contribution in [3.05, 3.63) is 34.5 Å². The fraction of sp³-hybridized carbons (Fsp3) is 0.333. The van der Waals surface area contributed by atoms with Crippen LogP contribution < -0.4 is 21.1 Å². The number of hydrogen-bond donors (Lipinski definition) is 5. The van der Waals surface area contributed by atoms with Gasteiger partial charge in [-0.25, -0.2) is 9.97 Å². The molecule has 1 aromatic carbocycles. The van der Waals surface area contributed by atoms with Gasteiger partial charge in [-0.3, -0.25) is 4.79 Å². The van der Waals surface area contributed by atoms with Crippen molar-refractivity contribution in [2.45, 2.75) is 31.7 Å². The summed E-state index contributed by atoms with van der Waals surface area (Å²) in [4.78, 5) is 21.9. The van der Waals surface area contributed by atoms with Crippen molar-refractivity contribution in [3.8, 4) is 5.75 Å². The highest BCUT2D eigenvalue weighted by Gasteiger charge is 2.25. The van der Waals surface area contributed by atoms with Crippen LogP contribution in [0, 0.1) is 5.41 Å². The topological polar surface area (TPSA) is 146 Å². The predicted octanol–water partition coefficient (Wildman–Crippen LogP) is 2.94. The van der Waals surface area contributed by atoms with Gasteiger partial charge in [-0.05, 0) is 30.9 Å². The molecule has 1 atom stereocenters. The van der Waals surface area contributed by atoms with Crippen LogP contribution in [0.3, 0.4) is 0 Å². The average Bonchev–Trinajstić information content (AvgIpc) is 3.13. The molecule has 2 heterocycles. The second-order valence-corrected chi connectivity index (χ2v) is 8.48. The van der Waals surface area contributed by atoms with Crippen molar-refractivity contribution in [1.29, 1.82) is 5.41 Å². The van der Waals surface area contributed by atoms with Gasteiger partial charge in [0.25, 0.3) is 0 Å². The van der Waals surface area contributed by atoms with E-state index in [4.69, 9.17) is 21.0 Å². The minimum absolute atomic E-state index is 0.122. The molecule has 0 spiro atoms. The molecule has 3 aromatic rings. The zero-order valence-electron chi connectivity index (χ0n) is 17.1. The lowest BCUT2D eigenvalue weighted by molar-refractivity contribution is -0.136. The fourth-order valence-corrected chi connectivity index (χ4v) is 5.16. The number of nitrogens with two attached hydrogens (primary N) is 1. The highest BCUT2D eigenvalue weighted by atomic mass is 32.1. The number of carboxylic acid groups (broad SMARTS) is 1. The molecule has 6 N–H and O–H groups in total. The molecule has 2 aromatic heterocycles.